The lowest BCUT2D eigenvalue weighted by atomic mass is 9.95. The maximum absolute atomic E-state index is 6.17. The minimum absolute atomic E-state index is 0.851. The number of benzene rings is 2. The Bertz CT molecular complexity index is 526. The molecule has 1 nitrogen and oxygen atoms in total. The van der Waals surface area contributed by atoms with Crippen molar-refractivity contribution in [2.45, 2.75) is 13.3 Å². The number of aryl methyl sites for hydroxylation is 1. The Morgan fingerprint density at radius 3 is 2.41 bits per heavy atom. The molecule has 0 amide bonds. The Hall–Kier alpha value is -2.02. The molecular weight excluding hydrogens is 206 g/mol. The number of rotatable bonds is 3. The minimum atomic E-state index is 0.851. The summed E-state index contributed by atoms with van der Waals surface area (Å²) in [5, 5.41) is 0. The van der Waals surface area contributed by atoms with E-state index in [0.29, 0.717) is 0 Å². The molecule has 2 N–H and O–H groups in total. The van der Waals surface area contributed by atoms with Crippen LogP contribution in [0.2, 0.25) is 0 Å². The van der Waals surface area contributed by atoms with E-state index in [1.165, 1.54) is 5.56 Å². The van der Waals surface area contributed by atoms with E-state index in [-0.39, 0.29) is 0 Å². The molecule has 86 valence electrons. The summed E-state index contributed by atoms with van der Waals surface area (Å²) in [7, 11) is 0. The van der Waals surface area contributed by atoms with Gasteiger partial charge >= 0.3 is 0 Å². The van der Waals surface area contributed by atoms with Crippen LogP contribution >= 0.6 is 0 Å². The van der Waals surface area contributed by atoms with Gasteiger partial charge in [0.05, 0.1) is 0 Å². The van der Waals surface area contributed by atoms with Crippen LogP contribution in [0.5, 0.6) is 0 Å². The third-order valence-electron chi connectivity index (χ3n) is 3.02. The zero-order valence-corrected chi connectivity index (χ0v) is 10.1. The first kappa shape index (κ1) is 11.5. The molecule has 2 rings (SSSR count). The molecule has 2 aromatic carbocycles. The molecule has 0 radical (unpaired) electrons. The van der Waals surface area contributed by atoms with Crippen molar-refractivity contribution in [3.8, 4) is 0 Å². The lowest BCUT2D eigenvalue weighted by Gasteiger charge is -2.12. The highest BCUT2D eigenvalue weighted by molar-refractivity contribution is 5.85. The number of para-hydroxylation sites is 1. The van der Waals surface area contributed by atoms with Gasteiger partial charge in [0, 0.05) is 11.3 Å². The molecule has 0 heterocycles. The third-order valence-corrected chi connectivity index (χ3v) is 3.02. The maximum atomic E-state index is 6.17. The van der Waals surface area contributed by atoms with Crippen LogP contribution in [0.15, 0.2) is 55.1 Å². The number of hydrogen-bond acceptors (Lipinski definition) is 1. The summed E-state index contributed by atoms with van der Waals surface area (Å²) in [6, 6.07) is 16.3. The van der Waals surface area contributed by atoms with Gasteiger partial charge in [0.25, 0.3) is 0 Å². The van der Waals surface area contributed by atoms with E-state index in [4.69, 9.17) is 5.73 Å². The largest absolute Gasteiger partial charge is 0.398 e. The fourth-order valence-electron chi connectivity index (χ4n) is 1.98. The molecule has 0 atom stereocenters. The van der Waals surface area contributed by atoms with Gasteiger partial charge in [-0.25, -0.2) is 0 Å². The normalized spacial score (nSPS) is 10.2. The van der Waals surface area contributed by atoms with E-state index < -0.39 is 0 Å². The SMILES string of the molecule is C=C(c1ccccc1)c1cccc(CC)c1N. The van der Waals surface area contributed by atoms with Crippen LogP contribution in [-0.4, -0.2) is 0 Å². The monoisotopic (exact) mass is 223 g/mol. The fraction of sp³-hybridized carbons (Fsp3) is 0.125. The second-order valence-corrected chi connectivity index (χ2v) is 4.08. The maximum Gasteiger partial charge on any atom is 0.0426 e. The fourth-order valence-corrected chi connectivity index (χ4v) is 1.98. The van der Waals surface area contributed by atoms with Gasteiger partial charge < -0.3 is 5.73 Å². The van der Waals surface area contributed by atoms with E-state index in [9.17, 15) is 0 Å². The topological polar surface area (TPSA) is 26.0 Å². The van der Waals surface area contributed by atoms with Gasteiger partial charge in [0.2, 0.25) is 0 Å². The zero-order valence-electron chi connectivity index (χ0n) is 10.1. The highest BCUT2D eigenvalue weighted by atomic mass is 14.6. The van der Waals surface area contributed by atoms with Crippen molar-refractivity contribution in [2.75, 3.05) is 5.73 Å². The van der Waals surface area contributed by atoms with Crippen molar-refractivity contribution < 1.29 is 0 Å². The van der Waals surface area contributed by atoms with Crippen LogP contribution in [0.4, 0.5) is 5.69 Å². The summed E-state index contributed by atoms with van der Waals surface area (Å²) in [5.41, 5.74) is 11.3. The van der Waals surface area contributed by atoms with Gasteiger partial charge in [-0.3, -0.25) is 0 Å². The molecule has 0 saturated heterocycles. The van der Waals surface area contributed by atoms with Gasteiger partial charge in [-0.1, -0.05) is 62.0 Å². The Balaban J connectivity index is 2.45. The average Bonchev–Trinajstić information content (AvgIpc) is 2.39. The summed E-state index contributed by atoms with van der Waals surface area (Å²) >= 11 is 0. The first-order chi connectivity index (χ1) is 8.24. The molecule has 0 bridgehead atoms. The molecule has 0 saturated carbocycles. The Morgan fingerprint density at radius 2 is 1.76 bits per heavy atom. The van der Waals surface area contributed by atoms with Crippen LogP contribution in [0.25, 0.3) is 5.57 Å². The lowest BCUT2D eigenvalue weighted by molar-refractivity contribution is 1.14. The molecule has 0 aliphatic rings. The van der Waals surface area contributed by atoms with Crippen molar-refractivity contribution in [3.63, 3.8) is 0 Å². The van der Waals surface area contributed by atoms with Crippen LogP contribution in [0, 0.1) is 0 Å². The molecule has 0 aliphatic heterocycles. The van der Waals surface area contributed by atoms with Gasteiger partial charge in [-0.15, -0.1) is 0 Å². The lowest BCUT2D eigenvalue weighted by Crippen LogP contribution is -1.99. The van der Waals surface area contributed by atoms with Crippen molar-refractivity contribution in [1.82, 2.24) is 0 Å². The van der Waals surface area contributed by atoms with E-state index >= 15 is 0 Å². The Labute approximate surface area is 103 Å². The molecule has 17 heavy (non-hydrogen) atoms. The highest BCUT2D eigenvalue weighted by Gasteiger charge is 2.08. The summed E-state index contributed by atoms with van der Waals surface area (Å²) < 4.78 is 0. The first-order valence-corrected chi connectivity index (χ1v) is 5.86. The van der Waals surface area contributed by atoms with E-state index in [0.717, 1.165) is 28.8 Å². The van der Waals surface area contributed by atoms with Gasteiger partial charge in [-0.05, 0) is 23.1 Å². The van der Waals surface area contributed by atoms with Crippen LogP contribution < -0.4 is 5.73 Å². The third kappa shape index (κ3) is 2.23. The van der Waals surface area contributed by atoms with E-state index in [1.54, 1.807) is 0 Å². The van der Waals surface area contributed by atoms with Crippen LogP contribution in [0.1, 0.15) is 23.6 Å². The second kappa shape index (κ2) is 4.88. The minimum Gasteiger partial charge on any atom is -0.398 e. The zero-order chi connectivity index (χ0) is 12.3. The first-order valence-electron chi connectivity index (χ1n) is 5.86. The predicted octanol–water partition coefficient (Wildman–Crippen LogP) is 3.89. The van der Waals surface area contributed by atoms with E-state index in [2.05, 4.69) is 31.7 Å². The quantitative estimate of drug-likeness (QED) is 0.785. The van der Waals surface area contributed by atoms with Gasteiger partial charge in [0.1, 0.15) is 0 Å². The molecular formula is C16H17N. The summed E-state index contributed by atoms with van der Waals surface area (Å²) in [6.45, 7) is 6.26. The Kier molecular flexibility index (Phi) is 3.29. The molecule has 0 aliphatic carbocycles. The number of nitrogen functional groups attached to an aromatic ring is 1. The molecule has 2 aromatic rings. The summed E-state index contributed by atoms with van der Waals surface area (Å²) in [6.07, 6.45) is 0.946. The number of nitrogens with two attached hydrogens (primary N) is 1. The van der Waals surface area contributed by atoms with Gasteiger partial charge in [-0.2, -0.15) is 0 Å². The number of hydrogen-bond donors (Lipinski definition) is 1. The van der Waals surface area contributed by atoms with Gasteiger partial charge in [0.15, 0.2) is 0 Å². The molecule has 0 aromatic heterocycles. The van der Waals surface area contributed by atoms with Crippen molar-refractivity contribution >= 4 is 11.3 Å². The highest BCUT2D eigenvalue weighted by Crippen LogP contribution is 2.28. The van der Waals surface area contributed by atoms with Crippen molar-refractivity contribution in [1.29, 1.82) is 0 Å². The molecule has 0 spiro atoms. The molecule has 0 fully saturated rings. The second-order valence-electron chi connectivity index (χ2n) is 4.08. The smallest absolute Gasteiger partial charge is 0.0426 e. The standard InChI is InChI=1S/C16H17N/c1-3-13-10-7-11-15(16(13)17)12(2)14-8-5-4-6-9-14/h4-11H,2-3,17H2,1H3. The summed E-state index contributed by atoms with van der Waals surface area (Å²) in [5.74, 6) is 0. The number of anilines is 1. The average molecular weight is 223 g/mol. The van der Waals surface area contributed by atoms with E-state index in [1.807, 2.05) is 30.3 Å². The molecule has 1 heteroatoms. The van der Waals surface area contributed by atoms with Crippen LogP contribution in [-0.2, 0) is 6.42 Å². The molecule has 0 unspecified atom stereocenters. The van der Waals surface area contributed by atoms with Crippen molar-refractivity contribution in [3.05, 3.63) is 71.8 Å². The summed E-state index contributed by atoms with van der Waals surface area (Å²) in [4.78, 5) is 0. The predicted molar refractivity (Wildman–Crippen MR) is 74.8 cm³/mol. The van der Waals surface area contributed by atoms with Crippen molar-refractivity contribution in [2.24, 2.45) is 0 Å². The van der Waals surface area contributed by atoms with Crippen LogP contribution in [0.3, 0.4) is 0 Å². The Morgan fingerprint density at radius 1 is 1.06 bits per heavy atom.